The van der Waals surface area contributed by atoms with Gasteiger partial charge in [0.25, 0.3) is 0 Å². The van der Waals surface area contributed by atoms with Crippen molar-refractivity contribution < 1.29 is 9.18 Å². The maximum absolute atomic E-state index is 13.7. The molecule has 0 spiro atoms. The van der Waals surface area contributed by atoms with Gasteiger partial charge in [0, 0.05) is 34.8 Å². The highest BCUT2D eigenvalue weighted by atomic mass is 32.1. The number of thiophene rings is 1. The first-order chi connectivity index (χ1) is 17.5. The average Bonchev–Trinajstić information content (AvgIpc) is 3.61. The average molecular weight is 498 g/mol. The highest BCUT2D eigenvalue weighted by Gasteiger charge is 2.17. The highest BCUT2D eigenvalue weighted by molar-refractivity contribution is 7.13. The van der Waals surface area contributed by atoms with Gasteiger partial charge in [-0.15, -0.1) is 11.3 Å². The molecule has 0 unspecified atom stereocenters. The fourth-order valence-corrected chi connectivity index (χ4v) is 4.74. The van der Waals surface area contributed by atoms with Gasteiger partial charge in [0.15, 0.2) is 5.13 Å². The summed E-state index contributed by atoms with van der Waals surface area (Å²) >= 11 is 1.06. The molecular weight excluding hydrogens is 477 g/mol. The number of pyridine rings is 3. The number of carbonyl (C=O) groups is 1. The number of fused-ring (bicyclic) bond motifs is 2. The lowest BCUT2D eigenvalue weighted by Crippen LogP contribution is -2.17. The van der Waals surface area contributed by atoms with E-state index in [0.29, 0.717) is 28.3 Å². The van der Waals surface area contributed by atoms with Crippen LogP contribution in [-0.4, -0.2) is 36.0 Å². The van der Waals surface area contributed by atoms with Gasteiger partial charge in [0.1, 0.15) is 11.2 Å². The predicted molar refractivity (Wildman–Crippen MR) is 139 cm³/mol. The van der Waals surface area contributed by atoms with E-state index in [0.717, 1.165) is 43.9 Å². The molecule has 0 saturated carbocycles. The lowest BCUT2D eigenvalue weighted by atomic mass is 10.1. The number of nitrogens with one attached hydrogen (secondary N) is 3. The van der Waals surface area contributed by atoms with E-state index in [1.165, 1.54) is 6.07 Å². The number of rotatable bonds is 5. The van der Waals surface area contributed by atoms with Crippen molar-refractivity contribution in [3.8, 4) is 33.2 Å². The molecule has 6 rings (SSSR count). The number of hydrogen-bond acceptors (Lipinski definition) is 6. The van der Waals surface area contributed by atoms with Crippen LogP contribution in [0.25, 0.3) is 55.2 Å². The molecule has 0 aliphatic rings. The maximum atomic E-state index is 13.7. The van der Waals surface area contributed by atoms with E-state index in [4.69, 9.17) is 4.98 Å². The van der Waals surface area contributed by atoms with Gasteiger partial charge < -0.3 is 10.3 Å². The van der Waals surface area contributed by atoms with Crippen LogP contribution in [0.5, 0.6) is 0 Å². The molecular formula is C26H20FN7OS. The van der Waals surface area contributed by atoms with Crippen LogP contribution in [0.2, 0.25) is 0 Å². The highest BCUT2D eigenvalue weighted by Crippen LogP contribution is 2.35. The van der Waals surface area contributed by atoms with Crippen molar-refractivity contribution in [2.75, 3.05) is 5.32 Å². The summed E-state index contributed by atoms with van der Waals surface area (Å²) in [6.45, 7) is 3.68. The van der Waals surface area contributed by atoms with Crippen molar-refractivity contribution in [1.82, 2.24) is 30.1 Å². The third-order valence-corrected chi connectivity index (χ3v) is 6.72. The Bertz CT molecular complexity index is 1750. The summed E-state index contributed by atoms with van der Waals surface area (Å²) in [6, 6.07) is 12.7. The SMILES string of the molecule is CC(C)C(=O)Nc1cncc(-c2ccc3[nH]nc(-c4cc5c(-c6ccc(F)s6)nccc5[nH]4)c3n2)c1. The standard InChI is InChI=1S/C26H20FN7OS/c1-13(2)26(35)30-15-9-14(11-28-12-15)17-3-4-19-24(32-17)25(34-33-19)20-10-16-18(31-20)7-8-29-23(16)21-5-6-22(27)36-21/h3-13,31H,1-2H3,(H,30,35)(H,33,34). The minimum absolute atomic E-state index is 0.0764. The first-order valence-electron chi connectivity index (χ1n) is 11.3. The molecule has 0 radical (unpaired) electrons. The second-order valence-corrected chi connectivity index (χ2v) is 9.71. The van der Waals surface area contributed by atoms with Crippen LogP contribution in [0.3, 0.4) is 0 Å². The van der Waals surface area contributed by atoms with Crippen LogP contribution in [0.1, 0.15) is 13.8 Å². The molecule has 8 nitrogen and oxygen atoms in total. The van der Waals surface area contributed by atoms with E-state index in [1.807, 2.05) is 44.2 Å². The zero-order valence-corrected chi connectivity index (χ0v) is 20.2. The summed E-state index contributed by atoms with van der Waals surface area (Å²) < 4.78 is 13.7. The van der Waals surface area contributed by atoms with Gasteiger partial charge in [0.05, 0.1) is 39.4 Å². The molecule has 0 bridgehead atoms. The topological polar surface area (TPSA) is 112 Å². The predicted octanol–water partition coefficient (Wildman–Crippen LogP) is 6.03. The number of nitrogens with zero attached hydrogens (tertiary/aromatic N) is 4. The fourth-order valence-electron chi connectivity index (χ4n) is 4.00. The molecule has 6 aromatic rings. The van der Waals surface area contributed by atoms with Gasteiger partial charge in [-0.05, 0) is 42.5 Å². The second-order valence-electron chi connectivity index (χ2n) is 8.68. The Hall–Kier alpha value is -4.44. The van der Waals surface area contributed by atoms with Crippen LogP contribution in [0.15, 0.2) is 61.1 Å². The minimum Gasteiger partial charge on any atom is -0.353 e. The number of amides is 1. The monoisotopic (exact) mass is 497 g/mol. The smallest absolute Gasteiger partial charge is 0.226 e. The minimum atomic E-state index is -0.253. The molecule has 6 aromatic heterocycles. The normalized spacial score (nSPS) is 11.6. The lowest BCUT2D eigenvalue weighted by molar-refractivity contribution is -0.118. The Morgan fingerprint density at radius 1 is 1.06 bits per heavy atom. The Morgan fingerprint density at radius 2 is 1.94 bits per heavy atom. The van der Waals surface area contributed by atoms with Crippen molar-refractivity contribution in [1.29, 1.82) is 0 Å². The number of carbonyl (C=O) groups excluding carboxylic acids is 1. The summed E-state index contributed by atoms with van der Waals surface area (Å²) in [5.74, 6) is -0.213. The number of anilines is 1. The van der Waals surface area contributed by atoms with Gasteiger partial charge in [-0.25, -0.2) is 4.98 Å². The van der Waals surface area contributed by atoms with Gasteiger partial charge in [-0.3, -0.25) is 19.9 Å². The summed E-state index contributed by atoms with van der Waals surface area (Å²) in [6.07, 6.45) is 5.02. The number of H-pyrrole nitrogens is 2. The molecule has 3 N–H and O–H groups in total. The molecule has 0 fully saturated rings. The van der Waals surface area contributed by atoms with Crippen LogP contribution in [0, 0.1) is 11.0 Å². The Labute approximate surface area is 208 Å². The molecule has 0 aliphatic carbocycles. The molecule has 6 heterocycles. The van der Waals surface area contributed by atoms with E-state index in [9.17, 15) is 9.18 Å². The maximum Gasteiger partial charge on any atom is 0.226 e. The third kappa shape index (κ3) is 3.91. The molecule has 0 aromatic carbocycles. The summed E-state index contributed by atoms with van der Waals surface area (Å²) in [5, 5.41) is 11.0. The van der Waals surface area contributed by atoms with Crippen LogP contribution in [-0.2, 0) is 4.79 Å². The van der Waals surface area contributed by atoms with Crippen LogP contribution < -0.4 is 5.32 Å². The molecule has 0 atom stereocenters. The number of aromatic amines is 2. The number of aromatic nitrogens is 6. The van der Waals surface area contributed by atoms with Crippen molar-refractivity contribution in [2.24, 2.45) is 5.92 Å². The van der Waals surface area contributed by atoms with E-state index in [-0.39, 0.29) is 17.0 Å². The molecule has 36 heavy (non-hydrogen) atoms. The van der Waals surface area contributed by atoms with E-state index >= 15 is 0 Å². The molecule has 1 amide bonds. The summed E-state index contributed by atoms with van der Waals surface area (Å²) in [4.78, 5) is 29.9. The molecule has 0 aliphatic heterocycles. The van der Waals surface area contributed by atoms with Crippen LogP contribution >= 0.6 is 11.3 Å². The first kappa shape index (κ1) is 22.1. The molecule has 0 saturated heterocycles. The van der Waals surface area contributed by atoms with Crippen molar-refractivity contribution in [2.45, 2.75) is 13.8 Å². The fraction of sp³-hybridized carbons (Fsp3) is 0.115. The van der Waals surface area contributed by atoms with Gasteiger partial charge in [-0.1, -0.05) is 13.8 Å². The Kier molecular flexibility index (Phi) is 5.30. The van der Waals surface area contributed by atoms with Crippen molar-refractivity contribution in [3.05, 3.63) is 66.2 Å². The van der Waals surface area contributed by atoms with Crippen molar-refractivity contribution >= 4 is 44.9 Å². The quantitative estimate of drug-likeness (QED) is 0.269. The van der Waals surface area contributed by atoms with E-state index in [1.54, 1.807) is 24.7 Å². The van der Waals surface area contributed by atoms with Gasteiger partial charge in [-0.2, -0.15) is 9.49 Å². The van der Waals surface area contributed by atoms with Gasteiger partial charge >= 0.3 is 0 Å². The Morgan fingerprint density at radius 3 is 2.75 bits per heavy atom. The molecule has 10 heteroatoms. The largest absolute Gasteiger partial charge is 0.353 e. The second kappa shape index (κ2) is 8.65. The first-order valence-corrected chi connectivity index (χ1v) is 12.1. The zero-order valence-electron chi connectivity index (χ0n) is 19.3. The van der Waals surface area contributed by atoms with Crippen molar-refractivity contribution in [3.63, 3.8) is 0 Å². The zero-order chi connectivity index (χ0) is 24.8. The third-order valence-electron chi connectivity index (χ3n) is 5.84. The van der Waals surface area contributed by atoms with Crippen LogP contribution in [0.4, 0.5) is 10.1 Å². The summed E-state index contributed by atoms with van der Waals surface area (Å²) in [5.41, 5.74) is 6.56. The number of halogens is 1. The molecule has 178 valence electrons. The lowest BCUT2D eigenvalue weighted by Gasteiger charge is -2.08. The number of hydrogen-bond donors (Lipinski definition) is 3. The van der Waals surface area contributed by atoms with E-state index in [2.05, 4.69) is 30.5 Å². The van der Waals surface area contributed by atoms with E-state index < -0.39 is 0 Å². The Balaban J connectivity index is 1.41. The summed E-state index contributed by atoms with van der Waals surface area (Å²) in [7, 11) is 0. The van der Waals surface area contributed by atoms with Gasteiger partial charge in [0.2, 0.25) is 5.91 Å².